The molecule has 1 unspecified atom stereocenters. The first-order valence-electron chi connectivity index (χ1n) is 8.32. The molecule has 8 heteroatoms. The number of pyridine rings is 1. The Morgan fingerprint density at radius 3 is 2.96 bits per heavy atom. The van der Waals surface area contributed by atoms with Gasteiger partial charge in [0, 0.05) is 37.3 Å². The zero-order valence-electron chi connectivity index (χ0n) is 13.5. The van der Waals surface area contributed by atoms with Gasteiger partial charge in [0.1, 0.15) is 12.2 Å². The van der Waals surface area contributed by atoms with Crippen LogP contribution in [0.4, 0.5) is 11.5 Å². The predicted octanol–water partition coefficient (Wildman–Crippen LogP) is 0.643. The minimum absolute atomic E-state index is 0.0293. The molecule has 4 N–H and O–H groups in total. The van der Waals surface area contributed by atoms with Crippen molar-refractivity contribution in [3.63, 3.8) is 0 Å². The van der Waals surface area contributed by atoms with E-state index in [0.29, 0.717) is 29.6 Å². The molecule has 4 heterocycles. The molecule has 124 valence electrons. The third-order valence-corrected chi connectivity index (χ3v) is 5.37. The molecule has 0 radical (unpaired) electrons. The minimum Gasteiger partial charge on any atom is -0.369 e. The van der Waals surface area contributed by atoms with Gasteiger partial charge in [0.05, 0.1) is 11.1 Å². The molecule has 2 aliphatic heterocycles. The van der Waals surface area contributed by atoms with E-state index in [9.17, 15) is 0 Å². The number of amidine groups is 1. The smallest absolute Gasteiger partial charge is 0.166 e. The van der Waals surface area contributed by atoms with Crippen LogP contribution in [0.1, 0.15) is 19.8 Å². The van der Waals surface area contributed by atoms with E-state index >= 15 is 0 Å². The number of rotatable bonds is 2. The van der Waals surface area contributed by atoms with E-state index in [2.05, 4.69) is 32.2 Å². The Balaban J connectivity index is 1.64. The third-order valence-electron chi connectivity index (χ3n) is 5.37. The maximum Gasteiger partial charge on any atom is 0.166 e. The first kappa shape index (κ1) is 14.1. The van der Waals surface area contributed by atoms with Crippen LogP contribution in [0.5, 0.6) is 0 Å². The van der Waals surface area contributed by atoms with Gasteiger partial charge < -0.3 is 10.6 Å². The lowest BCUT2D eigenvalue weighted by atomic mass is 10.2. The Hall–Kier alpha value is -2.32. The van der Waals surface area contributed by atoms with E-state index in [1.807, 2.05) is 6.07 Å². The summed E-state index contributed by atoms with van der Waals surface area (Å²) in [6.45, 7) is 3.88. The van der Waals surface area contributed by atoms with Crippen LogP contribution in [0, 0.1) is 11.3 Å². The number of anilines is 2. The molecule has 1 saturated carbocycles. The highest BCUT2D eigenvalue weighted by atomic mass is 15.6. The van der Waals surface area contributed by atoms with Crippen LogP contribution in [-0.4, -0.2) is 45.5 Å². The van der Waals surface area contributed by atoms with Crippen LogP contribution < -0.4 is 21.1 Å². The molecular formula is C16H20N8. The maximum absolute atomic E-state index is 8.25. The average Bonchev–Trinajstić information content (AvgIpc) is 2.89. The Bertz CT molecular complexity index is 846. The van der Waals surface area contributed by atoms with E-state index in [0.717, 1.165) is 30.6 Å². The van der Waals surface area contributed by atoms with Crippen LogP contribution in [0.2, 0.25) is 0 Å². The number of hydrogen-bond donors (Lipinski definition) is 3. The van der Waals surface area contributed by atoms with Gasteiger partial charge in [0.2, 0.25) is 0 Å². The normalized spacial score (nSPS) is 31.8. The molecule has 24 heavy (non-hydrogen) atoms. The highest BCUT2D eigenvalue weighted by Gasteiger charge is 2.57. The molecule has 2 aromatic rings. The van der Waals surface area contributed by atoms with Crippen LogP contribution in [0.15, 0.2) is 18.6 Å². The van der Waals surface area contributed by atoms with Gasteiger partial charge in [0.15, 0.2) is 11.5 Å². The monoisotopic (exact) mass is 324 g/mol. The lowest BCUT2D eigenvalue weighted by molar-refractivity contribution is 0.639. The largest absolute Gasteiger partial charge is 0.369 e. The number of piperidine rings is 1. The zero-order valence-corrected chi connectivity index (χ0v) is 13.5. The number of aromatic nitrogens is 3. The third kappa shape index (κ3) is 1.93. The first-order chi connectivity index (χ1) is 11.5. The van der Waals surface area contributed by atoms with Crippen molar-refractivity contribution in [3.8, 4) is 0 Å². The molecule has 1 aliphatic carbocycles. The summed E-state index contributed by atoms with van der Waals surface area (Å²) in [7, 11) is 0. The van der Waals surface area contributed by atoms with Crippen molar-refractivity contribution in [1.29, 1.82) is 5.41 Å². The molecule has 3 aliphatic rings. The summed E-state index contributed by atoms with van der Waals surface area (Å²) in [6, 6.07) is 2.22. The van der Waals surface area contributed by atoms with E-state index in [-0.39, 0.29) is 11.6 Å². The van der Waals surface area contributed by atoms with Crippen molar-refractivity contribution in [2.75, 3.05) is 23.0 Å². The highest BCUT2D eigenvalue weighted by molar-refractivity contribution is 6.06. The second-order valence-corrected chi connectivity index (χ2v) is 7.26. The van der Waals surface area contributed by atoms with Crippen LogP contribution in [0.25, 0.3) is 11.0 Å². The summed E-state index contributed by atoms with van der Waals surface area (Å²) in [6.07, 6.45) is 5.09. The first-order valence-corrected chi connectivity index (χ1v) is 8.32. The van der Waals surface area contributed by atoms with Crippen molar-refractivity contribution in [2.45, 2.75) is 31.3 Å². The van der Waals surface area contributed by atoms with Gasteiger partial charge in [-0.05, 0) is 25.3 Å². The fourth-order valence-corrected chi connectivity index (χ4v) is 4.01. The molecule has 2 aromatic heterocycles. The number of hydrogen-bond acceptors (Lipinski definition) is 7. The van der Waals surface area contributed by atoms with Gasteiger partial charge in [-0.15, -0.1) is 0 Å². The van der Waals surface area contributed by atoms with E-state index in [1.165, 1.54) is 6.33 Å². The fraction of sp³-hybridized carbons (Fsp3) is 0.500. The number of hydrazine groups is 1. The molecule has 0 bridgehead atoms. The summed E-state index contributed by atoms with van der Waals surface area (Å²) in [4.78, 5) is 15.5. The SMILES string of the molecule is CC1CC(=N)N(c2ncnc3nccc(N4C[C@H]5C[C@@]5(N)C4)c23)N1. The summed E-state index contributed by atoms with van der Waals surface area (Å²) in [5.41, 5.74) is 11.4. The summed E-state index contributed by atoms with van der Waals surface area (Å²) in [5.74, 6) is 1.79. The molecule has 3 fully saturated rings. The predicted molar refractivity (Wildman–Crippen MR) is 92.0 cm³/mol. The van der Waals surface area contributed by atoms with Crippen molar-refractivity contribution < 1.29 is 0 Å². The van der Waals surface area contributed by atoms with Gasteiger partial charge in [0.25, 0.3) is 0 Å². The van der Waals surface area contributed by atoms with Gasteiger partial charge in [-0.25, -0.2) is 25.4 Å². The molecular weight excluding hydrogens is 304 g/mol. The molecule has 3 atom stereocenters. The summed E-state index contributed by atoms with van der Waals surface area (Å²) < 4.78 is 0. The van der Waals surface area contributed by atoms with Crippen molar-refractivity contribution >= 4 is 28.4 Å². The molecule has 0 spiro atoms. The molecule has 8 nitrogen and oxygen atoms in total. The Labute approximate surface area is 139 Å². The lowest BCUT2D eigenvalue weighted by Gasteiger charge is -2.25. The Morgan fingerprint density at radius 1 is 1.38 bits per heavy atom. The standard InChI is InChI=1S/C16H20N8/c1-9-4-12(17)24(22-9)15-13-11(2-3-19-14(13)20-8-21-15)23-6-10-5-16(10,18)7-23/h2-3,8-10,17,22H,4-7,18H2,1H3/t9?,10-,16-/m1/s1. The summed E-state index contributed by atoms with van der Waals surface area (Å²) >= 11 is 0. The number of nitrogens with two attached hydrogens (primary N) is 1. The van der Waals surface area contributed by atoms with Gasteiger partial charge in [-0.1, -0.05) is 0 Å². The Morgan fingerprint density at radius 2 is 2.25 bits per heavy atom. The second-order valence-electron chi connectivity index (χ2n) is 7.26. The number of fused-ring (bicyclic) bond motifs is 2. The summed E-state index contributed by atoms with van der Waals surface area (Å²) in [5, 5.41) is 10.9. The van der Waals surface area contributed by atoms with E-state index in [4.69, 9.17) is 11.1 Å². The minimum atomic E-state index is -0.0293. The molecule has 0 aromatic carbocycles. The second kappa shape index (κ2) is 4.61. The van der Waals surface area contributed by atoms with E-state index in [1.54, 1.807) is 11.2 Å². The number of nitrogens with zero attached hydrogens (tertiary/aromatic N) is 5. The zero-order chi connectivity index (χ0) is 16.5. The van der Waals surface area contributed by atoms with Crippen LogP contribution in [-0.2, 0) is 0 Å². The topological polar surface area (TPSA) is 107 Å². The molecule has 2 saturated heterocycles. The Kier molecular flexibility index (Phi) is 2.70. The molecule has 0 amide bonds. The fourth-order valence-electron chi connectivity index (χ4n) is 4.01. The highest BCUT2D eigenvalue weighted by Crippen LogP contribution is 2.49. The van der Waals surface area contributed by atoms with Gasteiger partial charge >= 0.3 is 0 Å². The molecule has 5 rings (SSSR count). The van der Waals surface area contributed by atoms with Gasteiger partial charge in [-0.2, -0.15) is 0 Å². The van der Waals surface area contributed by atoms with Crippen molar-refractivity contribution in [3.05, 3.63) is 18.6 Å². The van der Waals surface area contributed by atoms with Crippen molar-refractivity contribution in [1.82, 2.24) is 20.4 Å². The van der Waals surface area contributed by atoms with Crippen LogP contribution >= 0.6 is 0 Å². The van der Waals surface area contributed by atoms with Crippen LogP contribution in [0.3, 0.4) is 0 Å². The van der Waals surface area contributed by atoms with Crippen molar-refractivity contribution in [2.24, 2.45) is 11.7 Å². The van der Waals surface area contributed by atoms with Gasteiger partial charge in [-0.3, -0.25) is 5.41 Å². The maximum atomic E-state index is 8.25. The van der Waals surface area contributed by atoms with E-state index < -0.39 is 0 Å². The average molecular weight is 324 g/mol. The number of nitrogens with one attached hydrogen (secondary N) is 2. The lowest BCUT2D eigenvalue weighted by Crippen LogP contribution is -2.38. The quantitative estimate of drug-likeness (QED) is 0.744.